The lowest BCUT2D eigenvalue weighted by atomic mass is 10.2. The number of anilines is 2. The van der Waals surface area contributed by atoms with E-state index in [1.807, 2.05) is 18.2 Å². The molecule has 0 radical (unpaired) electrons. The highest BCUT2D eigenvalue weighted by molar-refractivity contribution is 6.08. The van der Waals surface area contributed by atoms with Gasteiger partial charge in [0, 0.05) is 32.2 Å². The summed E-state index contributed by atoms with van der Waals surface area (Å²) in [6.45, 7) is 2.90. The molecule has 0 aliphatic rings. The molecule has 0 atom stereocenters. The first-order valence-electron chi connectivity index (χ1n) is 6.61. The minimum atomic E-state index is -0.129. The van der Waals surface area contributed by atoms with Crippen LogP contribution in [0.2, 0.25) is 0 Å². The van der Waals surface area contributed by atoms with Gasteiger partial charge >= 0.3 is 0 Å². The number of nitrogens with one attached hydrogen (secondary N) is 1. The second kappa shape index (κ2) is 6.65. The third-order valence-corrected chi connectivity index (χ3v) is 2.91. The Morgan fingerprint density at radius 2 is 2.15 bits per heavy atom. The van der Waals surface area contributed by atoms with Gasteiger partial charge in [0.25, 0.3) is 5.91 Å². The molecule has 20 heavy (non-hydrogen) atoms. The van der Waals surface area contributed by atoms with E-state index in [-0.39, 0.29) is 5.91 Å². The maximum atomic E-state index is 12.5. The van der Waals surface area contributed by atoms with Crippen LogP contribution in [0.15, 0.2) is 42.9 Å². The molecule has 2 aromatic rings. The van der Waals surface area contributed by atoms with E-state index in [0.717, 1.165) is 18.7 Å². The normalized spacial score (nSPS) is 10.1. The number of aromatic nitrogens is 2. The number of hydrogen-bond acceptors (Lipinski definition) is 4. The summed E-state index contributed by atoms with van der Waals surface area (Å²) in [7, 11) is 1.71. The molecule has 0 fully saturated rings. The minimum Gasteiger partial charge on any atom is -0.384 e. The Balaban J connectivity index is 2.25. The molecule has 0 aromatic carbocycles. The quantitative estimate of drug-likeness (QED) is 0.907. The molecule has 0 aliphatic carbocycles. The van der Waals surface area contributed by atoms with E-state index in [1.165, 1.54) is 4.90 Å². The van der Waals surface area contributed by atoms with Crippen LogP contribution < -0.4 is 10.2 Å². The number of hydrogen-bond donors (Lipinski definition) is 1. The molecule has 5 nitrogen and oxygen atoms in total. The maximum Gasteiger partial charge on any atom is 0.262 e. The van der Waals surface area contributed by atoms with Crippen LogP contribution in [-0.2, 0) is 0 Å². The van der Waals surface area contributed by atoms with Crippen molar-refractivity contribution in [2.75, 3.05) is 23.8 Å². The Bertz CT molecular complexity index is 571. The molecule has 0 unspecified atom stereocenters. The van der Waals surface area contributed by atoms with Crippen molar-refractivity contribution in [3.05, 3.63) is 48.4 Å². The smallest absolute Gasteiger partial charge is 0.262 e. The highest BCUT2D eigenvalue weighted by Gasteiger charge is 2.17. The zero-order valence-corrected chi connectivity index (χ0v) is 11.7. The molecule has 104 valence electrons. The van der Waals surface area contributed by atoms with Crippen molar-refractivity contribution in [1.82, 2.24) is 9.97 Å². The lowest BCUT2D eigenvalue weighted by molar-refractivity contribution is 0.0992. The minimum absolute atomic E-state index is 0.129. The van der Waals surface area contributed by atoms with E-state index in [2.05, 4.69) is 22.2 Å². The number of carbonyl (C=O) groups is 1. The fraction of sp³-hybridized carbons (Fsp3) is 0.267. The molecule has 1 N–H and O–H groups in total. The van der Waals surface area contributed by atoms with E-state index < -0.39 is 0 Å². The molecule has 0 saturated heterocycles. The van der Waals surface area contributed by atoms with Crippen LogP contribution in [0.3, 0.4) is 0 Å². The average Bonchev–Trinajstić information content (AvgIpc) is 2.52. The molecular formula is C15H18N4O. The second-order valence-corrected chi connectivity index (χ2v) is 4.40. The van der Waals surface area contributed by atoms with E-state index in [4.69, 9.17) is 0 Å². The van der Waals surface area contributed by atoms with Gasteiger partial charge in [-0.1, -0.05) is 13.0 Å². The first kappa shape index (κ1) is 14.0. The highest BCUT2D eigenvalue weighted by Crippen LogP contribution is 2.18. The zero-order chi connectivity index (χ0) is 14.4. The van der Waals surface area contributed by atoms with Crippen LogP contribution in [-0.4, -0.2) is 29.5 Å². The number of carbonyl (C=O) groups excluding carboxylic acids is 1. The van der Waals surface area contributed by atoms with Crippen LogP contribution in [0.25, 0.3) is 0 Å². The van der Waals surface area contributed by atoms with Crippen LogP contribution in [0.1, 0.15) is 23.7 Å². The van der Waals surface area contributed by atoms with Crippen molar-refractivity contribution in [2.45, 2.75) is 13.3 Å². The molecule has 2 aromatic heterocycles. The van der Waals surface area contributed by atoms with Crippen molar-refractivity contribution in [3.8, 4) is 0 Å². The van der Waals surface area contributed by atoms with Crippen LogP contribution in [0, 0.1) is 0 Å². The van der Waals surface area contributed by atoms with Gasteiger partial charge in [0.2, 0.25) is 0 Å². The van der Waals surface area contributed by atoms with E-state index >= 15 is 0 Å². The van der Waals surface area contributed by atoms with E-state index in [9.17, 15) is 4.79 Å². The Kier molecular flexibility index (Phi) is 4.65. The van der Waals surface area contributed by atoms with Crippen molar-refractivity contribution in [2.24, 2.45) is 0 Å². The number of rotatable bonds is 5. The summed E-state index contributed by atoms with van der Waals surface area (Å²) in [4.78, 5) is 22.3. The second-order valence-electron chi connectivity index (χ2n) is 4.40. The van der Waals surface area contributed by atoms with Gasteiger partial charge in [-0.05, 0) is 24.6 Å². The SMILES string of the molecule is CCCNc1ccncc1C(=O)N(C)c1ccccn1. The fourth-order valence-corrected chi connectivity index (χ4v) is 1.82. The molecule has 0 saturated carbocycles. The van der Waals surface area contributed by atoms with Gasteiger partial charge in [0.1, 0.15) is 5.82 Å². The highest BCUT2D eigenvalue weighted by atomic mass is 16.2. The van der Waals surface area contributed by atoms with Gasteiger partial charge in [-0.15, -0.1) is 0 Å². The number of pyridine rings is 2. The van der Waals surface area contributed by atoms with Crippen molar-refractivity contribution in [1.29, 1.82) is 0 Å². The molecule has 5 heteroatoms. The predicted molar refractivity (Wildman–Crippen MR) is 80.0 cm³/mol. The molecule has 0 spiro atoms. The molecule has 2 rings (SSSR count). The molecule has 0 aliphatic heterocycles. The summed E-state index contributed by atoms with van der Waals surface area (Å²) in [5, 5.41) is 3.24. The third kappa shape index (κ3) is 3.12. The lowest BCUT2D eigenvalue weighted by Gasteiger charge is -2.18. The van der Waals surface area contributed by atoms with Crippen molar-refractivity contribution in [3.63, 3.8) is 0 Å². The average molecular weight is 270 g/mol. The van der Waals surface area contributed by atoms with Gasteiger partial charge in [-0.2, -0.15) is 0 Å². The predicted octanol–water partition coefficient (Wildman–Crippen LogP) is 2.58. The summed E-state index contributed by atoms with van der Waals surface area (Å²) in [5.74, 6) is 0.484. The Morgan fingerprint density at radius 3 is 2.85 bits per heavy atom. The summed E-state index contributed by atoms with van der Waals surface area (Å²) in [5.41, 5.74) is 1.35. The molecular weight excluding hydrogens is 252 g/mol. The van der Waals surface area contributed by atoms with Crippen LogP contribution >= 0.6 is 0 Å². The van der Waals surface area contributed by atoms with Gasteiger partial charge in [-0.25, -0.2) is 4.98 Å². The topological polar surface area (TPSA) is 58.1 Å². The summed E-state index contributed by atoms with van der Waals surface area (Å²) >= 11 is 0. The van der Waals surface area contributed by atoms with Crippen LogP contribution in [0.5, 0.6) is 0 Å². The third-order valence-electron chi connectivity index (χ3n) is 2.91. The van der Waals surface area contributed by atoms with Gasteiger partial charge in [0.15, 0.2) is 0 Å². The van der Waals surface area contributed by atoms with E-state index in [0.29, 0.717) is 11.4 Å². The summed E-state index contributed by atoms with van der Waals surface area (Å²) in [6.07, 6.45) is 5.92. The Hall–Kier alpha value is -2.43. The molecule has 1 amide bonds. The van der Waals surface area contributed by atoms with E-state index in [1.54, 1.807) is 31.7 Å². The molecule has 2 heterocycles. The molecule has 0 bridgehead atoms. The maximum absolute atomic E-state index is 12.5. The monoisotopic (exact) mass is 270 g/mol. The van der Waals surface area contributed by atoms with Gasteiger partial charge in [0.05, 0.1) is 11.3 Å². The Morgan fingerprint density at radius 1 is 1.30 bits per heavy atom. The zero-order valence-electron chi connectivity index (χ0n) is 11.7. The lowest BCUT2D eigenvalue weighted by Crippen LogP contribution is -2.28. The largest absolute Gasteiger partial charge is 0.384 e. The number of amides is 1. The van der Waals surface area contributed by atoms with Gasteiger partial charge < -0.3 is 5.32 Å². The standard InChI is InChI=1S/C15H18N4O/c1-3-8-17-13-7-10-16-11-12(13)15(20)19(2)14-6-4-5-9-18-14/h4-7,9-11H,3,8H2,1-2H3,(H,16,17). The first-order chi connectivity index (χ1) is 9.74. The Labute approximate surface area is 118 Å². The number of nitrogens with zero attached hydrogens (tertiary/aromatic N) is 3. The first-order valence-corrected chi connectivity index (χ1v) is 6.61. The fourth-order valence-electron chi connectivity index (χ4n) is 1.82. The summed E-state index contributed by atoms with van der Waals surface area (Å²) < 4.78 is 0. The summed E-state index contributed by atoms with van der Waals surface area (Å²) in [6, 6.07) is 7.29. The van der Waals surface area contributed by atoms with Crippen molar-refractivity contribution < 1.29 is 4.79 Å². The van der Waals surface area contributed by atoms with Crippen molar-refractivity contribution >= 4 is 17.4 Å². The van der Waals surface area contributed by atoms with Crippen LogP contribution in [0.4, 0.5) is 11.5 Å². The van der Waals surface area contributed by atoms with Gasteiger partial charge in [-0.3, -0.25) is 14.7 Å².